The van der Waals surface area contributed by atoms with Crippen LogP contribution in [0.2, 0.25) is 0 Å². The van der Waals surface area contributed by atoms with Gasteiger partial charge in [-0.1, -0.05) is 20.8 Å². The van der Waals surface area contributed by atoms with Gasteiger partial charge >= 0.3 is 0 Å². The second-order valence-electron chi connectivity index (χ2n) is 6.29. The van der Waals surface area contributed by atoms with E-state index < -0.39 is 10.0 Å². The van der Waals surface area contributed by atoms with E-state index in [0.717, 1.165) is 0 Å². The molecule has 3 heterocycles. The lowest BCUT2D eigenvalue weighted by molar-refractivity contribution is 0.0729. The van der Waals surface area contributed by atoms with Crippen molar-refractivity contribution in [1.82, 2.24) is 24.0 Å². The number of imidazole rings is 1. The molecular formula is C13H19N5O4S. The molecule has 126 valence electrons. The first-order valence-corrected chi connectivity index (χ1v) is 8.69. The number of aromatic nitrogens is 4. The van der Waals surface area contributed by atoms with Crippen molar-refractivity contribution in [3.8, 4) is 5.95 Å². The quantitative estimate of drug-likeness (QED) is 0.804. The topological polar surface area (TPSA) is 103 Å². The molecule has 0 atom stereocenters. The fourth-order valence-electron chi connectivity index (χ4n) is 2.09. The lowest BCUT2D eigenvalue weighted by Gasteiger charge is -2.24. The van der Waals surface area contributed by atoms with Crippen LogP contribution in [0.5, 0.6) is 0 Å². The van der Waals surface area contributed by atoms with Crippen molar-refractivity contribution in [2.45, 2.75) is 31.2 Å². The van der Waals surface area contributed by atoms with E-state index in [1.807, 2.05) is 20.8 Å². The molecule has 9 nitrogen and oxygen atoms in total. The molecule has 1 saturated heterocycles. The Morgan fingerprint density at radius 3 is 2.52 bits per heavy atom. The summed E-state index contributed by atoms with van der Waals surface area (Å²) >= 11 is 0. The van der Waals surface area contributed by atoms with Gasteiger partial charge in [-0.25, -0.2) is 13.4 Å². The Morgan fingerprint density at radius 2 is 1.91 bits per heavy atom. The van der Waals surface area contributed by atoms with Crippen LogP contribution in [0, 0.1) is 0 Å². The zero-order valence-corrected chi connectivity index (χ0v) is 14.1. The number of sulfonamides is 1. The van der Waals surface area contributed by atoms with E-state index in [-0.39, 0.29) is 16.4 Å². The van der Waals surface area contributed by atoms with Gasteiger partial charge in [-0.15, -0.1) is 0 Å². The lowest BCUT2D eigenvalue weighted by atomic mass is 9.97. The molecule has 0 unspecified atom stereocenters. The summed E-state index contributed by atoms with van der Waals surface area (Å²) in [5.74, 6) is 0.727. The first kappa shape index (κ1) is 16.1. The van der Waals surface area contributed by atoms with Gasteiger partial charge in [-0.05, 0) is 5.16 Å². The highest BCUT2D eigenvalue weighted by Gasteiger charge is 2.29. The van der Waals surface area contributed by atoms with Gasteiger partial charge in [0.2, 0.25) is 5.89 Å². The van der Waals surface area contributed by atoms with Crippen LogP contribution in [0.1, 0.15) is 26.7 Å². The Morgan fingerprint density at radius 1 is 1.22 bits per heavy atom. The summed E-state index contributed by atoms with van der Waals surface area (Å²) in [6, 6.07) is 0. The summed E-state index contributed by atoms with van der Waals surface area (Å²) in [4.78, 5) is 8.26. The fourth-order valence-corrected chi connectivity index (χ4v) is 3.41. The second-order valence-corrected chi connectivity index (χ2v) is 8.17. The van der Waals surface area contributed by atoms with Crippen LogP contribution >= 0.6 is 0 Å². The third-order valence-corrected chi connectivity index (χ3v) is 5.21. The molecule has 0 saturated carbocycles. The lowest BCUT2D eigenvalue weighted by Crippen LogP contribution is -2.40. The fraction of sp³-hybridized carbons (Fsp3) is 0.615. The van der Waals surface area contributed by atoms with Crippen LogP contribution in [-0.2, 0) is 20.2 Å². The van der Waals surface area contributed by atoms with E-state index in [9.17, 15) is 8.42 Å². The molecule has 3 rings (SSSR count). The molecule has 1 aliphatic heterocycles. The van der Waals surface area contributed by atoms with Crippen LogP contribution in [-0.4, -0.2) is 58.7 Å². The minimum Gasteiger partial charge on any atom is -0.379 e. The van der Waals surface area contributed by atoms with E-state index in [4.69, 9.17) is 9.26 Å². The maximum atomic E-state index is 12.5. The van der Waals surface area contributed by atoms with Gasteiger partial charge < -0.3 is 9.26 Å². The maximum absolute atomic E-state index is 12.5. The summed E-state index contributed by atoms with van der Waals surface area (Å²) in [6.45, 7) is 7.28. The molecule has 1 aliphatic rings. The average molecular weight is 341 g/mol. The van der Waals surface area contributed by atoms with Crippen molar-refractivity contribution in [2.24, 2.45) is 0 Å². The minimum absolute atomic E-state index is 0.0403. The number of nitrogens with zero attached hydrogens (tertiary/aromatic N) is 5. The van der Waals surface area contributed by atoms with Crippen molar-refractivity contribution in [2.75, 3.05) is 26.3 Å². The van der Waals surface area contributed by atoms with Crippen molar-refractivity contribution >= 4 is 10.0 Å². The monoisotopic (exact) mass is 341 g/mol. The average Bonchev–Trinajstić information content (AvgIpc) is 3.16. The summed E-state index contributed by atoms with van der Waals surface area (Å²) in [5.41, 5.74) is -0.283. The predicted octanol–water partition coefficient (Wildman–Crippen LogP) is 0.574. The molecular weight excluding hydrogens is 322 g/mol. The van der Waals surface area contributed by atoms with Gasteiger partial charge in [-0.3, -0.25) is 4.57 Å². The van der Waals surface area contributed by atoms with E-state index in [1.165, 1.54) is 21.4 Å². The first-order valence-electron chi connectivity index (χ1n) is 7.25. The van der Waals surface area contributed by atoms with E-state index in [2.05, 4.69) is 15.1 Å². The van der Waals surface area contributed by atoms with E-state index in [0.29, 0.717) is 32.2 Å². The van der Waals surface area contributed by atoms with Crippen LogP contribution < -0.4 is 0 Å². The standard InChI is InChI=1S/C13H19N5O4S/c1-13(2,3)11-15-12(16-22-11)17-8-10(14-9-17)23(19,20)18-4-6-21-7-5-18/h8-9H,4-7H2,1-3H3. The zero-order chi connectivity index (χ0) is 16.7. The molecule has 0 N–H and O–H groups in total. The number of morpholine rings is 1. The number of rotatable bonds is 3. The molecule has 2 aromatic rings. The third-order valence-electron chi connectivity index (χ3n) is 3.42. The molecule has 0 aliphatic carbocycles. The molecule has 10 heteroatoms. The first-order chi connectivity index (χ1) is 10.8. The Bertz CT molecular complexity index is 783. The minimum atomic E-state index is -3.64. The van der Waals surface area contributed by atoms with E-state index in [1.54, 1.807) is 0 Å². The molecule has 0 amide bonds. The van der Waals surface area contributed by atoms with Crippen molar-refractivity contribution in [1.29, 1.82) is 0 Å². The SMILES string of the molecule is CC(C)(C)c1nc(-n2cnc(S(=O)(=O)N3CCOCC3)c2)no1. The van der Waals surface area contributed by atoms with Gasteiger partial charge in [0.05, 0.1) is 19.4 Å². The number of hydrogen-bond donors (Lipinski definition) is 0. The van der Waals surface area contributed by atoms with Crippen molar-refractivity contribution in [3.05, 3.63) is 18.4 Å². The molecule has 23 heavy (non-hydrogen) atoms. The summed E-state index contributed by atoms with van der Waals surface area (Å²) in [6.07, 6.45) is 2.76. The molecule has 1 fully saturated rings. The molecule has 0 bridgehead atoms. The Hall–Kier alpha value is -1.78. The van der Waals surface area contributed by atoms with E-state index >= 15 is 0 Å². The van der Waals surface area contributed by atoms with Crippen LogP contribution in [0.15, 0.2) is 22.1 Å². The summed E-state index contributed by atoms with van der Waals surface area (Å²) in [7, 11) is -3.64. The Kier molecular flexibility index (Phi) is 3.98. The predicted molar refractivity (Wildman–Crippen MR) is 79.7 cm³/mol. The van der Waals surface area contributed by atoms with Gasteiger partial charge in [0, 0.05) is 18.5 Å². The zero-order valence-electron chi connectivity index (χ0n) is 13.3. The normalized spacial score (nSPS) is 17.5. The van der Waals surface area contributed by atoms with Gasteiger partial charge in [0.25, 0.3) is 16.0 Å². The molecule has 0 radical (unpaired) electrons. The number of ether oxygens (including phenoxy) is 1. The highest BCUT2D eigenvalue weighted by Crippen LogP contribution is 2.21. The Labute approximate surface area is 134 Å². The van der Waals surface area contributed by atoms with Gasteiger partial charge in [-0.2, -0.15) is 9.29 Å². The van der Waals surface area contributed by atoms with Crippen molar-refractivity contribution < 1.29 is 17.7 Å². The van der Waals surface area contributed by atoms with Gasteiger partial charge in [0.15, 0.2) is 5.03 Å². The Balaban J connectivity index is 1.87. The van der Waals surface area contributed by atoms with Gasteiger partial charge in [0.1, 0.15) is 6.33 Å². The smallest absolute Gasteiger partial charge is 0.275 e. The third kappa shape index (κ3) is 3.14. The summed E-state index contributed by atoms with van der Waals surface area (Å²) < 4.78 is 38.2. The molecule has 0 aromatic carbocycles. The highest BCUT2D eigenvalue weighted by molar-refractivity contribution is 7.89. The summed E-state index contributed by atoms with van der Waals surface area (Å²) in [5, 5.41) is 3.83. The van der Waals surface area contributed by atoms with Crippen molar-refractivity contribution in [3.63, 3.8) is 0 Å². The van der Waals surface area contributed by atoms with Crippen LogP contribution in [0.3, 0.4) is 0 Å². The van der Waals surface area contributed by atoms with Crippen LogP contribution in [0.25, 0.3) is 5.95 Å². The second kappa shape index (κ2) is 5.69. The highest BCUT2D eigenvalue weighted by atomic mass is 32.2. The number of hydrogen-bond acceptors (Lipinski definition) is 7. The maximum Gasteiger partial charge on any atom is 0.275 e. The largest absolute Gasteiger partial charge is 0.379 e. The molecule has 2 aromatic heterocycles. The molecule has 0 spiro atoms. The van der Waals surface area contributed by atoms with Crippen LogP contribution in [0.4, 0.5) is 0 Å².